The summed E-state index contributed by atoms with van der Waals surface area (Å²) >= 11 is 0. The molecule has 0 N–H and O–H groups in total. The zero-order valence-electron chi connectivity index (χ0n) is 7.33. The molecule has 2 rings (SSSR count). The van der Waals surface area contributed by atoms with E-state index < -0.39 is 0 Å². The van der Waals surface area contributed by atoms with Gasteiger partial charge in [0.1, 0.15) is 0 Å². The van der Waals surface area contributed by atoms with E-state index in [-0.39, 0.29) is 5.41 Å². The van der Waals surface area contributed by atoms with Crippen molar-refractivity contribution in [3.63, 3.8) is 0 Å². The van der Waals surface area contributed by atoms with E-state index in [0.717, 1.165) is 24.1 Å². The lowest BCUT2D eigenvalue weighted by molar-refractivity contribution is 0.734. The summed E-state index contributed by atoms with van der Waals surface area (Å²) in [5.74, 6) is 0. The molecule has 0 spiro atoms. The van der Waals surface area contributed by atoms with Gasteiger partial charge in [-0.3, -0.25) is 4.68 Å². The van der Waals surface area contributed by atoms with Gasteiger partial charge in [-0.15, -0.1) is 0 Å². The van der Waals surface area contributed by atoms with E-state index in [1.165, 1.54) is 0 Å². The molecule has 0 atom stereocenters. The molecule has 0 unspecified atom stereocenters. The standard InChI is InChI=1S/C9H11N3/c1-7-8(5-11-12(7)2)9(6-10)3-4-9/h5H,3-4H2,1-2H3. The van der Waals surface area contributed by atoms with E-state index in [9.17, 15) is 0 Å². The molecule has 62 valence electrons. The number of nitrogens with zero attached hydrogens (tertiary/aromatic N) is 3. The molecule has 3 heteroatoms. The van der Waals surface area contributed by atoms with Gasteiger partial charge in [-0.25, -0.2) is 0 Å². The molecule has 1 heterocycles. The number of rotatable bonds is 1. The van der Waals surface area contributed by atoms with Crippen LogP contribution < -0.4 is 0 Å². The van der Waals surface area contributed by atoms with E-state index >= 15 is 0 Å². The van der Waals surface area contributed by atoms with E-state index in [1.807, 2.05) is 24.9 Å². The molecular formula is C9H11N3. The van der Waals surface area contributed by atoms with Crippen LogP contribution in [0, 0.1) is 18.3 Å². The molecule has 0 amide bonds. The molecule has 12 heavy (non-hydrogen) atoms. The Labute approximate surface area is 71.6 Å². The first-order valence-electron chi connectivity index (χ1n) is 4.10. The van der Waals surface area contributed by atoms with Crippen molar-refractivity contribution in [2.75, 3.05) is 0 Å². The predicted octanol–water partition coefficient (Wildman–Crippen LogP) is 1.28. The predicted molar refractivity (Wildman–Crippen MR) is 44.5 cm³/mol. The zero-order valence-corrected chi connectivity index (χ0v) is 7.33. The van der Waals surface area contributed by atoms with E-state index in [0.29, 0.717) is 0 Å². The lowest BCUT2D eigenvalue weighted by atomic mass is 9.99. The average Bonchev–Trinajstić information content (AvgIpc) is 2.79. The van der Waals surface area contributed by atoms with Gasteiger partial charge in [0.05, 0.1) is 17.7 Å². The van der Waals surface area contributed by atoms with Gasteiger partial charge in [-0.05, 0) is 19.8 Å². The number of aryl methyl sites for hydroxylation is 1. The summed E-state index contributed by atoms with van der Waals surface area (Å²) < 4.78 is 1.83. The highest BCUT2D eigenvalue weighted by Crippen LogP contribution is 2.48. The fraction of sp³-hybridized carbons (Fsp3) is 0.556. The normalized spacial score (nSPS) is 18.8. The number of hydrogen-bond acceptors (Lipinski definition) is 2. The van der Waals surface area contributed by atoms with Crippen LogP contribution in [0.4, 0.5) is 0 Å². The van der Waals surface area contributed by atoms with Crippen molar-refractivity contribution in [1.82, 2.24) is 9.78 Å². The minimum atomic E-state index is -0.182. The summed E-state index contributed by atoms with van der Waals surface area (Å²) in [6.07, 6.45) is 3.82. The Kier molecular flexibility index (Phi) is 1.29. The first kappa shape index (κ1) is 7.35. The molecule has 3 nitrogen and oxygen atoms in total. The van der Waals surface area contributed by atoms with Crippen molar-refractivity contribution in [1.29, 1.82) is 5.26 Å². The average molecular weight is 161 g/mol. The molecule has 0 saturated heterocycles. The first-order chi connectivity index (χ1) is 5.69. The zero-order chi connectivity index (χ0) is 8.77. The molecular weight excluding hydrogens is 150 g/mol. The number of nitriles is 1. The molecule has 1 aliphatic carbocycles. The van der Waals surface area contributed by atoms with Crippen molar-refractivity contribution >= 4 is 0 Å². The van der Waals surface area contributed by atoms with Crippen molar-refractivity contribution in [2.45, 2.75) is 25.2 Å². The van der Waals surface area contributed by atoms with Crippen LogP contribution >= 0.6 is 0 Å². The van der Waals surface area contributed by atoms with Crippen LogP contribution in [0.25, 0.3) is 0 Å². The Morgan fingerprint density at radius 2 is 2.33 bits per heavy atom. The van der Waals surface area contributed by atoms with Crippen LogP contribution in [-0.4, -0.2) is 9.78 Å². The third-order valence-electron chi connectivity index (χ3n) is 2.71. The van der Waals surface area contributed by atoms with Gasteiger partial charge in [0.15, 0.2) is 0 Å². The minimum Gasteiger partial charge on any atom is -0.273 e. The largest absolute Gasteiger partial charge is 0.273 e. The lowest BCUT2D eigenvalue weighted by Crippen LogP contribution is -2.04. The van der Waals surface area contributed by atoms with Gasteiger partial charge < -0.3 is 0 Å². The number of hydrogen-bond donors (Lipinski definition) is 0. The molecule has 0 aromatic carbocycles. The molecule has 1 saturated carbocycles. The summed E-state index contributed by atoms with van der Waals surface area (Å²) in [6.45, 7) is 2.01. The van der Waals surface area contributed by atoms with Crippen molar-refractivity contribution in [2.24, 2.45) is 7.05 Å². The fourth-order valence-electron chi connectivity index (χ4n) is 1.53. The second-order valence-corrected chi connectivity index (χ2v) is 3.46. The van der Waals surface area contributed by atoms with Crippen molar-refractivity contribution < 1.29 is 0 Å². The van der Waals surface area contributed by atoms with E-state index in [2.05, 4.69) is 11.2 Å². The van der Waals surface area contributed by atoms with Crippen molar-refractivity contribution in [3.05, 3.63) is 17.5 Å². The van der Waals surface area contributed by atoms with Crippen LogP contribution in [0.2, 0.25) is 0 Å². The topological polar surface area (TPSA) is 41.6 Å². The second kappa shape index (κ2) is 2.10. The first-order valence-corrected chi connectivity index (χ1v) is 4.10. The highest BCUT2D eigenvalue weighted by atomic mass is 15.3. The molecule has 1 aromatic heterocycles. The molecule has 1 fully saturated rings. The van der Waals surface area contributed by atoms with Gasteiger partial charge in [-0.2, -0.15) is 10.4 Å². The second-order valence-electron chi connectivity index (χ2n) is 3.46. The Balaban J connectivity index is 2.49. The van der Waals surface area contributed by atoms with Gasteiger partial charge >= 0.3 is 0 Å². The highest BCUT2D eigenvalue weighted by molar-refractivity contribution is 5.39. The maximum Gasteiger partial charge on any atom is 0.0856 e. The summed E-state index contributed by atoms with van der Waals surface area (Å²) in [6, 6.07) is 2.37. The van der Waals surface area contributed by atoms with Gasteiger partial charge in [0, 0.05) is 18.3 Å². The molecule has 0 aliphatic heterocycles. The van der Waals surface area contributed by atoms with Crippen LogP contribution in [0.15, 0.2) is 6.20 Å². The summed E-state index contributed by atoms with van der Waals surface area (Å²) in [5, 5.41) is 13.1. The highest BCUT2D eigenvalue weighted by Gasteiger charge is 2.46. The Morgan fingerprint density at radius 1 is 1.67 bits per heavy atom. The Hall–Kier alpha value is -1.30. The quantitative estimate of drug-likeness (QED) is 0.622. The monoisotopic (exact) mass is 161 g/mol. The summed E-state index contributed by atoms with van der Waals surface area (Å²) in [5.41, 5.74) is 2.06. The smallest absolute Gasteiger partial charge is 0.0856 e. The van der Waals surface area contributed by atoms with E-state index in [4.69, 9.17) is 5.26 Å². The Bertz CT molecular complexity index is 352. The maximum absolute atomic E-state index is 8.96. The third kappa shape index (κ3) is 0.781. The van der Waals surface area contributed by atoms with Gasteiger partial charge in [0.2, 0.25) is 0 Å². The molecule has 1 aromatic rings. The maximum atomic E-state index is 8.96. The van der Waals surface area contributed by atoms with E-state index in [1.54, 1.807) is 0 Å². The third-order valence-corrected chi connectivity index (χ3v) is 2.71. The Morgan fingerprint density at radius 3 is 2.67 bits per heavy atom. The molecule has 0 radical (unpaired) electrons. The fourth-order valence-corrected chi connectivity index (χ4v) is 1.53. The summed E-state index contributed by atoms with van der Waals surface area (Å²) in [4.78, 5) is 0. The van der Waals surface area contributed by atoms with Crippen LogP contribution in [0.1, 0.15) is 24.1 Å². The van der Waals surface area contributed by atoms with Gasteiger partial charge in [-0.1, -0.05) is 0 Å². The minimum absolute atomic E-state index is 0.182. The number of aromatic nitrogens is 2. The summed E-state index contributed by atoms with van der Waals surface area (Å²) in [7, 11) is 1.91. The lowest BCUT2D eigenvalue weighted by Gasteiger charge is -2.03. The van der Waals surface area contributed by atoms with Crippen LogP contribution in [-0.2, 0) is 12.5 Å². The SMILES string of the molecule is Cc1c(C2(C#N)CC2)cnn1C. The van der Waals surface area contributed by atoms with Crippen LogP contribution in [0.3, 0.4) is 0 Å². The van der Waals surface area contributed by atoms with Crippen molar-refractivity contribution in [3.8, 4) is 6.07 Å². The molecule has 1 aliphatic rings. The van der Waals surface area contributed by atoms with Crippen LogP contribution in [0.5, 0.6) is 0 Å². The van der Waals surface area contributed by atoms with Gasteiger partial charge in [0.25, 0.3) is 0 Å². The molecule has 0 bridgehead atoms.